The molecule has 0 saturated carbocycles. The van der Waals surface area contributed by atoms with Crippen LogP contribution in [0.15, 0.2) is 34.8 Å². The fraction of sp³-hybridized carbons (Fsp3) is 0.312. The predicted molar refractivity (Wildman–Crippen MR) is 91.4 cm³/mol. The zero-order valence-corrected chi connectivity index (χ0v) is 14.4. The van der Waals surface area contributed by atoms with Gasteiger partial charge < -0.3 is 10.6 Å². The van der Waals surface area contributed by atoms with Gasteiger partial charge in [-0.05, 0) is 44.5 Å². The lowest BCUT2D eigenvalue weighted by Gasteiger charge is -2.12. The number of aryl methyl sites for hydroxylation is 1. The molecular formula is C16H19BrN4O. The Morgan fingerprint density at radius 1 is 1.32 bits per heavy atom. The van der Waals surface area contributed by atoms with Gasteiger partial charge in [-0.1, -0.05) is 28.9 Å². The van der Waals surface area contributed by atoms with Crippen molar-refractivity contribution in [1.29, 1.82) is 0 Å². The van der Waals surface area contributed by atoms with Gasteiger partial charge in [-0.3, -0.25) is 4.79 Å². The summed E-state index contributed by atoms with van der Waals surface area (Å²) in [5, 5.41) is 6.02. The maximum absolute atomic E-state index is 12.2. The molecule has 0 saturated heterocycles. The Kier molecular flexibility index (Phi) is 5.49. The van der Waals surface area contributed by atoms with E-state index in [0.717, 1.165) is 22.3 Å². The van der Waals surface area contributed by atoms with Gasteiger partial charge in [0.05, 0.1) is 0 Å². The van der Waals surface area contributed by atoms with Crippen molar-refractivity contribution in [3.63, 3.8) is 0 Å². The van der Waals surface area contributed by atoms with Crippen LogP contribution in [0.3, 0.4) is 0 Å². The first kappa shape index (κ1) is 16.4. The molecule has 1 unspecified atom stereocenters. The highest BCUT2D eigenvalue weighted by Crippen LogP contribution is 2.18. The summed E-state index contributed by atoms with van der Waals surface area (Å²) in [6, 6.07) is 9.49. The van der Waals surface area contributed by atoms with Crippen LogP contribution in [0.2, 0.25) is 0 Å². The Morgan fingerprint density at radius 2 is 2.09 bits per heavy atom. The van der Waals surface area contributed by atoms with E-state index in [0.29, 0.717) is 11.6 Å². The number of nitrogens with one attached hydrogen (secondary N) is 2. The number of benzene rings is 1. The van der Waals surface area contributed by atoms with Crippen molar-refractivity contribution in [2.75, 3.05) is 5.32 Å². The standard InChI is InChI=1S/C16H19BrN4O/c1-4-10(2)18-15(22)14-8-11(3)19-16(21-14)20-13-7-5-6-12(17)9-13/h5-10H,4H2,1-3H3,(H,18,22)(H,19,20,21). The van der Waals surface area contributed by atoms with Crippen LogP contribution in [0.4, 0.5) is 11.6 Å². The lowest BCUT2D eigenvalue weighted by atomic mass is 10.2. The Hall–Kier alpha value is -1.95. The van der Waals surface area contributed by atoms with Crippen LogP contribution in [0.25, 0.3) is 0 Å². The number of carbonyl (C=O) groups is 1. The largest absolute Gasteiger partial charge is 0.348 e. The average molecular weight is 363 g/mol. The molecule has 22 heavy (non-hydrogen) atoms. The molecule has 0 aliphatic carbocycles. The van der Waals surface area contributed by atoms with Gasteiger partial charge in [0.2, 0.25) is 5.95 Å². The lowest BCUT2D eigenvalue weighted by Crippen LogP contribution is -2.32. The Bertz CT molecular complexity index is 675. The molecule has 1 amide bonds. The molecular weight excluding hydrogens is 344 g/mol. The molecule has 0 bridgehead atoms. The predicted octanol–water partition coefficient (Wildman–Crippen LogP) is 3.82. The van der Waals surface area contributed by atoms with E-state index in [4.69, 9.17) is 0 Å². The minimum atomic E-state index is -0.183. The van der Waals surface area contributed by atoms with E-state index in [1.54, 1.807) is 6.07 Å². The third-order valence-electron chi connectivity index (χ3n) is 3.16. The zero-order valence-electron chi connectivity index (χ0n) is 12.9. The van der Waals surface area contributed by atoms with E-state index in [9.17, 15) is 4.79 Å². The molecule has 0 radical (unpaired) electrons. The highest BCUT2D eigenvalue weighted by molar-refractivity contribution is 9.10. The molecule has 2 rings (SSSR count). The lowest BCUT2D eigenvalue weighted by molar-refractivity contribution is 0.0934. The molecule has 2 N–H and O–H groups in total. The molecule has 5 nitrogen and oxygen atoms in total. The summed E-state index contributed by atoms with van der Waals surface area (Å²) in [5.41, 5.74) is 1.96. The van der Waals surface area contributed by atoms with Gasteiger partial charge in [0.15, 0.2) is 0 Å². The molecule has 0 spiro atoms. The van der Waals surface area contributed by atoms with Crippen LogP contribution in [-0.2, 0) is 0 Å². The minimum Gasteiger partial charge on any atom is -0.348 e. The summed E-state index contributed by atoms with van der Waals surface area (Å²) < 4.78 is 0.958. The highest BCUT2D eigenvalue weighted by Gasteiger charge is 2.12. The van der Waals surface area contributed by atoms with Crippen molar-refractivity contribution in [3.8, 4) is 0 Å². The van der Waals surface area contributed by atoms with Crippen molar-refractivity contribution in [3.05, 3.63) is 46.2 Å². The second-order valence-corrected chi connectivity index (χ2v) is 6.05. The summed E-state index contributed by atoms with van der Waals surface area (Å²) in [4.78, 5) is 20.8. The highest BCUT2D eigenvalue weighted by atomic mass is 79.9. The van der Waals surface area contributed by atoms with E-state index in [1.807, 2.05) is 45.0 Å². The van der Waals surface area contributed by atoms with Gasteiger partial charge in [-0.15, -0.1) is 0 Å². The van der Waals surface area contributed by atoms with Crippen LogP contribution >= 0.6 is 15.9 Å². The van der Waals surface area contributed by atoms with E-state index in [1.165, 1.54) is 0 Å². The molecule has 116 valence electrons. The van der Waals surface area contributed by atoms with E-state index in [-0.39, 0.29) is 11.9 Å². The smallest absolute Gasteiger partial charge is 0.270 e. The summed E-state index contributed by atoms with van der Waals surface area (Å²) in [6.45, 7) is 5.83. The third-order valence-corrected chi connectivity index (χ3v) is 3.65. The number of halogens is 1. The quantitative estimate of drug-likeness (QED) is 0.848. The van der Waals surface area contributed by atoms with Crippen molar-refractivity contribution in [2.24, 2.45) is 0 Å². The average Bonchev–Trinajstić information content (AvgIpc) is 2.46. The number of carbonyl (C=O) groups excluding carboxylic acids is 1. The first-order chi connectivity index (χ1) is 10.5. The Morgan fingerprint density at radius 3 is 2.77 bits per heavy atom. The first-order valence-corrected chi connectivity index (χ1v) is 7.96. The molecule has 0 aliphatic heterocycles. The second kappa shape index (κ2) is 7.35. The normalized spacial score (nSPS) is 11.8. The van der Waals surface area contributed by atoms with Gasteiger partial charge in [-0.25, -0.2) is 9.97 Å². The van der Waals surface area contributed by atoms with E-state index in [2.05, 4.69) is 36.5 Å². The fourth-order valence-electron chi connectivity index (χ4n) is 1.84. The Balaban J connectivity index is 2.21. The molecule has 1 atom stereocenters. The summed E-state index contributed by atoms with van der Waals surface area (Å²) >= 11 is 3.42. The number of hydrogen-bond acceptors (Lipinski definition) is 4. The molecule has 1 aromatic carbocycles. The molecule has 2 aromatic rings. The van der Waals surface area contributed by atoms with Gasteiger partial charge in [-0.2, -0.15) is 0 Å². The molecule has 1 aromatic heterocycles. The first-order valence-electron chi connectivity index (χ1n) is 7.17. The van der Waals surface area contributed by atoms with Crippen molar-refractivity contribution < 1.29 is 4.79 Å². The van der Waals surface area contributed by atoms with Gasteiger partial charge >= 0.3 is 0 Å². The van der Waals surface area contributed by atoms with Crippen molar-refractivity contribution in [2.45, 2.75) is 33.2 Å². The molecule has 1 heterocycles. The zero-order chi connectivity index (χ0) is 16.1. The minimum absolute atomic E-state index is 0.115. The number of nitrogens with zero attached hydrogens (tertiary/aromatic N) is 2. The van der Waals surface area contributed by atoms with Crippen molar-refractivity contribution >= 4 is 33.5 Å². The number of aromatic nitrogens is 2. The van der Waals surface area contributed by atoms with Crippen LogP contribution in [-0.4, -0.2) is 21.9 Å². The van der Waals surface area contributed by atoms with E-state index >= 15 is 0 Å². The Labute approximate surface area is 138 Å². The second-order valence-electron chi connectivity index (χ2n) is 5.14. The number of rotatable bonds is 5. The van der Waals surface area contributed by atoms with Gasteiger partial charge in [0.25, 0.3) is 5.91 Å². The summed E-state index contributed by atoms with van der Waals surface area (Å²) in [7, 11) is 0. The van der Waals surface area contributed by atoms with Gasteiger partial charge in [0.1, 0.15) is 5.69 Å². The van der Waals surface area contributed by atoms with Crippen LogP contribution in [0, 0.1) is 6.92 Å². The number of hydrogen-bond donors (Lipinski definition) is 2. The molecule has 0 fully saturated rings. The van der Waals surface area contributed by atoms with E-state index < -0.39 is 0 Å². The SMILES string of the molecule is CCC(C)NC(=O)c1cc(C)nc(Nc2cccc(Br)c2)n1. The topological polar surface area (TPSA) is 66.9 Å². The third kappa shape index (κ3) is 4.53. The maximum Gasteiger partial charge on any atom is 0.270 e. The summed E-state index contributed by atoms with van der Waals surface area (Å²) in [6.07, 6.45) is 0.874. The van der Waals surface area contributed by atoms with Crippen LogP contribution in [0.5, 0.6) is 0 Å². The molecule has 6 heteroatoms. The van der Waals surface area contributed by atoms with Crippen LogP contribution in [0.1, 0.15) is 36.5 Å². The number of anilines is 2. The monoisotopic (exact) mass is 362 g/mol. The maximum atomic E-state index is 12.2. The summed E-state index contributed by atoms with van der Waals surface area (Å²) in [5.74, 6) is 0.226. The van der Waals surface area contributed by atoms with Gasteiger partial charge in [0, 0.05) is 21.9 Å². The van der Waals surface area contributed by atoms with Crippen molar-refractivity contribution in [1.82, 2.24) is 15.3 Å². The fourth-order valence-corrected chi connectivity index (χ4v) is 2.24. The van der Waals surface area contributed by atoms with Crippen LogP contribution < -0.4 is 10.6 Å². The number of amides is 1. The molecule has 0 aliphatic rings.